The minimum atomic E-state index is 0.0563. The number of aliphatic imine (C=N–C) groups is 1. The average Bonchev–Trinajstić information content (AvgIpc) is 2.13. The molecule has 0 fully saturated rings. The molecule has 0 aromatic heterocycles. The van der Waals surface area contributed by atoms with E-state index >= 15 is 0 Å². The predicted molar refractivity (Wildman–Crippen MR) is 56.2 cm³/mol. The summed E-state index contributed by atoms with van der Waals surface area (Å²) in [5.41, 5.74) is 9.27. The number of rotatable bonds is 3. The van der Waals surface area contributed by atoms with Crippen molar-refractivity contribution in [1.82, 2.24) is 10.8 Å². The van der Waals surface area contributed by atoms with Gasteiger partial charge in [0.2, 0.25) is 0 Å². The highest BCUT2D eigenvalue weighted by atomic mass is 16.6. The maximum atomic E-state index is 5.67. The van der Waals surface area contributed by atoms with Crippen molar-refractivity contribution in [1.29, 1.82) is 0 Å². The quantitative estimate of drug-likeness (QED) is 0.446. The van der Waals surface area contributed by atoms with Gasteiger partial charge in [-0.25, -0.2) is 4.99 Å². The lowest BCUT2D eigenvalue weighted by atomic mass is 10.1. The fourth-order valence-electron chi connectivity index (χ4n) is 1.18. The van der Waals surface area contributed by atoms with Crippen LogP contribution in [0, 0.1) is 0 Å². The molecular formula is C9H16N4O. The second-order valence-corrected chi connectivity index (χ2v) is 3.05. The Morgan fingerprint density at radius 2 is 2.50 bits per heavy atom. The Hall–Kier alpha value is -1.49. The van der Waals surface area contributed by atoms with Gasteiger partial charge in [-0.2, -0.15) is 5.48 Å². The standard InChI is InChI=1S/C9H16N4O/c1-6(14-11-3)4-8-7(2)9(10)13-5-12-8/h4-5,8,11H,10H2,1-3H3,(H,12,13)/b6-4+. The monoisotopic (exact) mass is 196 g/mol. The Morgan fingerprint density at radius 1 is 1.79 bits per heavy atom. The molecule has 0 saturated heterocycles. The van der Waals surface area contributed by atoms with Crippen LogP contribution < -0.4 is 16.5 Å². The molecule has 0 aromatic carbocycles. The topological polar surface area (TPSA) is 71.7 Å². The van der Waals surface area contributed by atoms with Crippen LogP contribution in [0.15, 0.2) is 28.2 Å². The van der Waals surface area contributed by atoms with Crippen molar-refractivity contribution in [2.75, 3.05) is 7.05 Å². The summed E-state index contributed by atoms with van der Waals surface area (Å²) in [6.07, 6.45) is 3.53. The van der Waals surface area contributed by atoms with Gasteiger partial charge in [0, 0.05) is 7.05 Å². The summed E-state index contributed by atoms with van der Waals surface area (Å²) in [6.45, 7) is 3.81. The molecule has 1 aliphatic heterocycles. The van der Waals surface area contributed by atoms with Crippen molar-refractivity contribution in [2.24, 2.45) is 10.7 Å². The number of hydroxylamine groups is 1. The van der Waals surface area contributed by atoms with E-state index in [0.717, 1.165) is 11.3 Å². The first-order valence-electron chi connectivity index (χ1n) is 4.42. The van der Waals surface area contributed by atoms with Crippen LogP contribution in [-0.4, -0.2) is 19.4 Å². The molecule has 14 heavy (non-hydrogen) atoms. The Morgan fingerprint density at radius 3 is 3.14 bits per heavy atom. The smallest absolute Gasteiger partial charge is 0.126 e. The number of nitrogens with two attached hydrogens (primary N) is 1. The molecule has 1 heterocycles. The van der Waals surface area contributed by atoms with Gasteiger partial charge in [0.05, 0.1) is 12.4 Å². The van der Waals surface area contributed by atoms with Gasteiger partial charge in [0.1, 0.15) is 11.6 Å². The van der Waals surface area contributed by atoms with Gasteiger partial charge in [-0.3, -0.25) is 0 Å². The van der Waals surface area contributed by atoms with Crippen molar-refractivity contribution in [3.8, 4) is 0 Å². The maximum absolute atomic E-state index is 5.67. The summed E-state index contributed by atoms with van der Waals surface area (Å²) in [7, 11) is 1.71. The minimum absolute atomic E-state index is 0.0563. The minimum Gasteiger partial charge on any atom is -0.414 e. The number of nitrogens with one attached hydrogen (secondary N) is 2. The van der Waals surface area contributed by atoms with E-state index in [1.165, 1.54) is 0 Å². The summed E-state index contributed by atoms with van der Waals surface area (Å²) >= 11 is 0. The molecule has 0 aromatic rings. The number of allylic oxidation sites excluding steroid dienone is 1. The molecule has 5 nitrogen and oxygen atoms in total. The highest BCUT2D eigenvalue weighted by Gasteiger charge is 2.13. The zero-order valence-corrected chi connectivity index (χ0v) is 8.66. The molecule has 4 N–H and O–H groups in total. The number of nitrogens with zero attached hydrogens (tertiary/aromatic N) is 1. The van der Waals surface area contributed by atoms with E-state index in [2.05, 4.69) is 15.8 Å². The van der Waals surface area contributed by atoms with Crippen LogP contribution in [0.3, 0.4) is 0 Å². The highest BCUT2D eigenvalue weighted by molar-refractivity contribution is 5.60. The largest absolute Gasteiger partial charge is 0.414 e. The molecule has 0 radical (unpaired) electrons. The van der Waals surface area contributed by atoms with Gasteiger partial charge in [-0.1, -0.05) is 0 Å². The van der Waals surface area contributed by atoms with Gasteiger partial charge < -0.3 is 15.9 Å². The lowest BCUT2D eigenvalue weighted by Crippen LogP contribution is -2.32. The Labute approximate surface area is 83.7 Å². The summed E-state index contributed by atoms with van der Waals surface area (Å²) in [5.74, 6) is 1.34. The number of hydrogen-bond donors (Lipinski definition) is 3. The van der Waals surface area contributed by atoms with E-state index in [-0.39, 0.29) is 6.04 Å². The molecule has 0 saturated carbocycles. The van der Waals surface area contributed by atoms with E-state index in [4.69, 9.17) is 10.6 Å². The Bertz CT molecular complexity index is 293. The molecule has 1 rings (SSSR count). The van der Waals surface area contributed by atoms with Crippen molar-refractivity contribution in [2.45, 2.75) is 19.9 Å². The van der Waals surface area contributed by atoms with Crippen LogP contribution in [0.5, 0.6) is 0 Å². The third kappa shape index (κ3) is 2.50. The van der Waals surface area contributed by atoms with E-state index in [1.54, 1.807) is 13.4 Å². The third-order valence-electron chi connectivity index (χ3n) is 1.99. The van der Waals surface area contributed by atoms with Crippen LogP contribution in [0.2, 0.25) is 0 Å². The summed E-state index contributed by atoms with van der Waals surface area (Å²) < 4.78 is 0. The van der Waals surface area contributed by atoms with Gasteiger partial charge in [0.25, 0.3) is 0 Å². The first kappa shape index (κ1) is 10.6. The van der Waals surface area contributed by atoms with Gasteiger partial charge in [-0.15, -0.1) is 0 Å². The Kier molecular flexibility index (Phi) is 3.53. The first-order valence-corrected chi connectivity index (χ1v) is 4.42. The second kappa shape index (κ2) is 4.66. The van der Waals surface area contributed by atoms with E-state index < -0.39 is 0 Å². The van der Waals surface area contributed by atoms with E-state index in [0.29, 0.717) is 5.82 Å². The SMILES string of the molecule is CNO/C(C)=C/C1NC=NC(N)=C1C. The van der Waals surface area contributed by atoms with Crippen molar-refractivity contribution in [3.05, 3.63) is 23.2 Å². The maximum Gasteiger partial charge on any atom is 0.126 e. The van der Waals surface area contributed by atoms with Crippen molar-refractivity contribution < 1.29 is 4.84 Å². The molecule has 0 bridgehead atoms. The predicted octanol–water partition coefficient (Wildman–Crippen LogP) is 0.231. The molecule has 1 unspecified atom stereocenters. The fourth-order valence-corrected chi connectivity index (χ4v) is 1.18. The molecular weight excluding hydrogens is 180 g/mol. The zero-order valence-electron chi connectivity index (χ0n) is 8.66. The van der Waals surface area contributed by atoms with Crippen LogP contribution in [0.4, 0.5) is 0 Å². The van der Waals surface area contributed by atoms with Crippen LogP contribution in [0.1, 0.15) is 13.8 Å². The van der Waals surface area contributed by atoms with Gasteiger partial charge in [-0.05, 0) is 25.5 Å². The molecule has 0 spiro atoms. The summed E-state index contributed by atoms with van der Waals surface area (Å²) in [6, 6.07) is 0.0563. The molecule has 78 valence electrons. The van der Waals surface area contributed by atoms with Crippen LogP contribution in [0.25, 0.3) is 0 Å². The van der Waals surface area contributed by atoms with Crippen molar-refractivity contribution in [3.63, 3.8) is 0 Å². The normalized spacial score (nSPS) is 22.2. The average molecular weight is 196 g/mol. The molecule has 0 aliphatic carbocycles. The van der Waals surface area contributed by atoms with Gasteiger partial charge >= 0.3 is 0 Å². The summed E-state index contributed by atoms with van der Waals surface area (Å²) in [5, 5.41) is 3.07. The van der Waals surface area contributed by atoms with Crippen LogP contribution in [-0.2, 0) is 4.84 Å². The number of hydrogen-bond acceptors (Lipinski definition) is 5. The second-order valence-electron chi connectivity index (χ2n) is 3.05. The molecule has 1 atom stereocenters. The zero-order chi connectivity index (χ0) is 10.6. The summed E-state index contributed by atoms with van der Waals surface area (Å²) in [4.78, 5) is 9.04. The fraction of sp³-hybridized carbons (Fsp3) is 0.444. The lowest BCUT2D eigenvalue weighted by molar-refractivity contribution is 0.127. The highest BCUT2D eigenvalue weighted by Crippen LogP contribution is 2.11. The van der Waals surface area contributed by atoms with E-state index in [9.17, 15) is 0 Å². The van der Waals surface area contributed by atoms with Gasteiger partial charge in [0.15, 0.2) is 0 Å². The molecule has 1 aliphatic rings. The van der Waals surface area contributed by atoms with Crippen LogP contribution >= 0.6 is 0 Å². The molecule has 0 amide bonds. The Balaban J connectivity index is 2.71. The van der Waals surface area contributed by atoms with E-state index in [1.807, 2.05) is 19.9 Å². The van der Waals surface area contributed by atoms with Crippen molar-refractivity contribution >= 4 is 6.34 Å². The first-order chi connectivity index (χ1) is 6.65. The molecule has 5 heteroatoms. The third-order valence-corrected chi connectivity index (χ3v) is 1.99. The lowest BCUT2D eigenvalue weighted by Gasteiger charge is -2.19.